The summed E-state index contributed by atoms with van der Waals surface area (Å²) in [4.78, 5) is 28.1. The van der Waals surface area contributed by atoms with Gasteiger partial charge in [-0.1, -0.05) is 6.07 Å². The maximum atomic E-state index is 13.0. The molecule has 2 fully saturated rings. The minimum absolute atomic E-state index is 0.202. The predicted molar refractivity (Wildman–Crippen MR) is 129 cm³/mol. The zero-order valence-corrected chi connectivity index (χ0v) is 21.3. The number of rotatable bonds is 5. The molecule has 0 bridgehead atoms. The third kappa shape index (κ3) is 4.87. The van der Waals surface area contributed by atoms with Gasteiger partial charge in [-0.05, 0) is 38.1 Å². The molecule has 0 aromatic heterocycles. The number of aliphatic carboxylic acids is 1. The fourth-order valence-corrected chi connectivity index (χ4v) is 5.12. The number of carbonyl (C=O) groups is 2. The Morgan fingerprint density at radius 1 is 1.22 bits per heavy atom. The Labute approximate surface area is 214 Å². The van der Waals surface area contributed by atoms with Crippen LogP contribution in [-0.2, 0) is 19.0 Å². The van der Waals surface area contributed by atoms with Crippen LogP contribution < -0.4 is 4.74 Å². The normalized spacial score (nSPS) is 30.5. The Bertz CT molecular complexity index is 1080. The van der Waals surface area contributed by atoms with Crippen LogP contribution in [0.4, 0.5) is 4.79 Å². The lowest BCUT2D eigenvalue weighted by atomic mass is 9.82. The number of hydrogen-bond acceptors (Lipinski definition) is 10. The Morgan fingerprint density at radius 3 is 2.49 bits per heavy atom. The summed E-state index contributed by atoms with van der Waals surface area (Å²) in [6, 6.07) is 3.06. The lowest BCUT2D eigenvalue weighted by Crippen LogP contribution is -2.64. The SMILES string of the molecule is CO[C@@H]1[C@H](OC(=O)N2CCN(C)CC2)[C@@H](O)[C@H](c2ccc3c(c2C)OCC(C(=O)O)=C3O)O[C@]1(C)CO. The number of nitrogens with zero attached hydrogens (tertiary/aromatic N) is 2. The van der Waals surface area contributed by atoms with Gasteiger partial charge in [0.05, 0.1) is 12.2 Å². The highest BCUT2D eigenvalue weighted by molar-refractivity contribution is 5.96. The summed E-state index contributed by atoms with van der Waals surface area (Å²) in [6.45, 7) is 4.81. The van der Waals surface area contributed by atoms with Gasteiger partial charge in [0.2, 0.25) is 0 Å². The van der Waals surface area contributed by atoms with E-state index in [0.717, 1.165) is 0 Å². The van der Waals surface area contributed by atoms with Crippen LogP contribution in [0.1, 0.15) is 29.7 Å². The van der Waals surface area contributed by atoms with E-state index < -0.39 is 54.4 Å². The average molecular weight is 523 g/mol. The van der Waals surface area contributed by atoms with Gasteiger partial charge in [-0.15, -0.1) is 0 Å². The van der Waals surface area contributed by atoms with Crippen LogP contribution in [0.25, 0.3) is 5.76 Å². The average Bonchev–Trinajstić information content (AvgIpc) is 2.87. The number of carboxylic acid groups (broad SMARTS) is 1. The molecular weight excluding hydrogens is 488 g/mol. The quantitative estimate of drug-likeness (QED) is 0.431. The van der Waals surface area contributed by atoms with Gasteiger partial charge in [-0.2, -0.15) is 0 Å². The fraction of sp³-hybridized carbons (Fsp3) is 0.600. The van der Waals surface area contributed by atoms with E-state index in [1.54, 1.807) is 24.8 Å². The summed E-state index contributed by atoms with van der Waals surface area (Å²) < 4.78 is 23.2. The van der Waals surface area contributed by atoms with E-state index in [1.807, 2.05) is 7.05 Å². The molecule has 204 valence electrons. The van der Waals surface area contributed by atoms with Gasteiger partial charge >= 0.3 is 12.1 Å². The molecule has 3 aliphatic rings. The molecule has 1 aromatic rings. The lowest BCUT2D eigenvalue weighted by molar-refractivity contribution is -0.280. The third-order valence-electron chi connectivity index (χ3n) is 7.42. The highest BCUT2D eigenvalue weighted by Crippen LogP contribution is 2.45. The maximum Gasteiger partial charge on any atom is 0.410 e. The van der Waals surface area contributed by atoms with Gasteiger partial charge < -0.3 is 49.2 Å². The number of amides is 1. The van der Waals surface area contributed by atoms with Crippen LogP contribution in [0.5, 0.6) is 5.75 Å². The van der Waals surface area contributed by atoms with Gasteiger partial charge in [0.1, 0.15) is 47.6 Å². The standard InChI is InChI=1S/C25H34N2O10/c1-13-14(5-6-15-17(29)16(23(31)32)11-35-19(13)15)20-18(30)21(22(34-4)25(2,12-28)37-20)36-24(33)27-9-7-26(3)8-10-27/h5-6,18,20-22,28-30H,7-12H2,1-4H3,(H,31,32)/t18-,20-,21+,22+,25+/m0/s1. The van der Waals surface area contributed by atoms with Crippen LogP contribution in [0.3, 0.4) is 0 Å². The maximum absolute atomic E-state index is 13.0. The second-order valence-corrected chi connectivity index (χ2v) is 9.87. The van der Waals surface area contributed by atoms with Crippen molar-refractivity contribution in [3.05, 3.63) is 34.4 Å². The molecule has 4 N–H and O–H groups in total. The summed E-state index contributed by atoms with van der Waals surface area (Å²) >= 11 is 0. The number of carbonyl (C=O) groups excluding carboxylic acids is 1. The molecule has 1 aromatic carbocycles. The predicted octanol–water partition coefficient (Wildman–Crippen LogP) is 0.692. The van der Waals surface area contributed by atoms with Gasteiger partial charge in [0, 0.05) is 33.3 Å². The number of ether oxygens (including phenoxy) is 4. The zero-order chi connectivity index (χ0) is 27.1. The summed E-state index contributed by atoms with van der Waals surface area (Å²) in [5.74, 6) is -1.43. The number of aliphatic hydroxyl groups is 3. The lowest BCUT2D eigenvalue weighted by Gasteiger charge is -2.49. The number of benzene rings is 1. The van der Waals surface area contributed by atoms with Gasteiger partial charge in [0.15, 0.2) is 6.10 Å². The molecule has 0 unspecified atom stereocenters. The largest absolute Gasteiger partial charge is 0.506 e. The van der Waals surface area contributed by atoms with Crippen molar-refractivity contribution in [2.24, 2.45) is 0 Å². The minimum atomic E-state index is -1.37. The van der Waals surface area contributed by atoms with Gasteiger partial charge in [0.25, 0.3) is 0 Å². The third-order valence-corrected chi connectivity index (χ3v) is 7.42. The van der Waals surface area contributed by atoms with E-state index in [9.17, 15) is 30.0 Å². The molecule has 12 heteroatoms. The van der Waals surface area contributed by atoms with Crippen molar-refractivity contribution in [2.75, 3.05) is 53.6 Å². The van der Waals surface area contributed by atoms with Crippen molar-refractivity contribution in [3.8, 4) is 5.75 Å². The van der Waals surface area contributed by atoms with Crippen molar-refractivity contribution in [1.82, 2.24) is 9.80 Å². The second kappa shape index (κ2) is 10.5. The van der Waals surface area contributed by atoms with Crippen molar-refractivity contribution in [2.45, 2.75) is 43.9 Å². The molecule has 0 aliphatic carbocycles. The summed E-state index contributed by atoms with van der Waals surface area (Å²) in [7, 11) is 3.35. The number of piperazine rings is 1. The van der Waals surface area contributed by atoms with Crippen molar-refractivity contribution in [1.29, 1.82) is 0 Å². The van der Waals surface area contributed by atoms with E-state index in [-0.39, 0.29) is 23.5 Å². The summed E-state index contributed by atoms with van der Waals surface area (Å²) in [5, 5.41) is 41.4. The number of aliphatic hydroxyl groups excluding tert-OH is 3. The summed E-state index contributed by atoms with van der Waals surface area (Å²) in [5.41, 5.74) is -0.438. The van der Waals surface area contributed by atoms with Gasteiger partial charge in [-0.25, -0.2) is 9.59 Å². The smallest absolute Gasteiger partial charge is 0.410 e. The van der Waals surface area contributed by atoms with E-state index in [0.29, 0.717) is 37.3 Å². The van der Waals surface area contributed by atoms with E-state index >= 15 is 0 Å². The molecule has 2 saturated heterocycles. The number of carboxylic acids is 1. The molecule has 4 rings (SSSR count). The van der Waals surface area contributed by atoms with Crippen molar-refractivity contribution >= 4 is 17.8 Å². The molecule has 12 nitrogen and oxygen atoms in total. The molecule has 5 atom stereocenters. The first-order chi connectivity index (χ1) is 17.5. The van der Waals surface area contributed by atoms with Crippen molar-refractivity contribution < 1.29 is 49.0 Å². The molecule has 3 heterocycles. The van der Waals surface area contributed by atoms with E-state index in [4.69, 9.17) is 18.9 Å². The molecule has 37 heavy (non-hydrogen) atoms. The number of fused-ring (bicyclic) bond motifs is 1. The Balaban J connectivity index is 1.68. The Morgan fingerprint density at radius 2 is 1.89 bits per heavy atom. The van der Waals surface area contributed by atoms with Crippen LogP contribution in [0, 0.1) is 6.92 Å². The number of methoxy groups -OCH3 is 1. The van der Waals surface area contributed by atoms with Crippen LogP contribution >= 0.6 is 0 Å². The second-order valence-electron chi connectivity index (χ2n) is 9.87. The monoisotopic (exact) mass is 522 g/mol. The first-order valence-electron chi connectivity index (χ1n) is 12.1. The molecule has 0 spiro atoms. The number of hydrogen-bond donors (Lipinski definition) is 4. The van der Waals surface area contributed by atoms with E-state index in [1.165, 1.54) is 13.2 Å². The highest BCUT2D eigenvalue weighted by Gasteiger charge is 2.55. The highest BCUT2D eigenvalue weighted by atomic mass is 16.6. The zero-order valence-electron chi connectivity index (χ0n) is 21.3. The molecule has 0 radical (unpaired) electrons. The molecular formula is C25H34N2O10. The fourth-order valence-electron chi connectivity index (χ4n) is 5.12. The molecule has 1 amide bonds. The van der Waals surface area contributed by atoms with E-state index in [2.05, 4.69) is 4.90 Å². The topological polar surface area (TPSA) is 158 Å². The van der Waals surface area contributed by atoms with Gasteiger partial charge in [-0.3, -0.25) is 0 Å². The minimum Gasteiger partial charge on any atom is -0.506 e. The van der Waals surface area contributed by atoms with Crippen molar-refractivity contribution in [3.63, 3.8) is 0 Å². The van der Waals surface area contributed by atoms with Crippen LogP contribution in [0.15, 0.2) is 17.7 Å². The van der Waals surface area contributed by atoms with Crippen LogP contribution in [0.2, 0.25) is 0 Å². The summed E-state index contributed by atoms with van der Waals surface area (Å²) in [6.07, 6.45) is -5.17. The number of likely N-dealkylation sites (N-methyl/N-ethyl adjacent to an activating group) is 1. The Kier molecular flexibility index (Phi) is 7.67. The molecule has 0 saturated carbocycles. The Hall–Kier alpha value is -2.90. The molecule has 3 aliphatic heterocycles. The first-order valence-corrected chi connectivity index (χ1v) is 12.1. The first kappa shape index (κ1) is 27.1. The van der Waals surface area contributed by atoms with Crippen LogP contribution in [-0.4, -0.2) is 120 Å².